The molecule has 100 valence electrons. The molecular formula is C14H29N3. The maximum absolute atomic E-state index is 3.32. The molecule has 0 aromatic heterocycles. The average molecular weight is 239 g/mol. The van der Waals surface area contributed by atoms with E-state index in [1.807, 2.05) is 0 Å². The fourth-order valence-corrected chi connectivity index (χ4v) is 3.45. The Hall–Kier alpha value is -0.120. The van der Waals surface area contributed by atoms with E-state index in [0.717, 1.165) is 12.0 Å². The fourth-order valence-electron chi connectivity index (χ4n) is 3.45. The first-order valence-corrected chi connectivity index (χ1v) is 7.44. The Bertz CT molecular complexity index is 204. The van der Waals surface area contributed by atoms with E-state index in [2.05, 4.69) is 29.1 Å². The Morgan fingerprint density at radius 2 is 1.65 bits per heavy atom. The molecule has 0 bridgehead atoms. The van der Waals surface area contributed by atoms with Crippen LogP contribution in [0.25, 0.3) is 0 Å². The summed E-state index contributed by atoms with van der Waals surface area (Å²) in [6.45, 7) is 9.89. The Balaban J connectivity index is 1.70. The highest BCUT2D eigenvalue weighted by molar-refractivity contribution is 4.83. The second-order valence-electron chi connectivity index (χ2n) is 5.70. The van der Waals surface area contributed by atoms with Crippen LogP contribution >= 0.6 is 0 Å². The van der Waals surface area contributed by atoms with Crippen LogP contribution in [-0.4, -0.2) is 62.2 Å². The number of piperazine rings is 1. The van der Waals surface area contributed by atoms with Crippen LogP contribution in [0.1, 0.15) is 32.6 Å². The summed E-state index contributed by atoms with van der Waals surface area (Å²) in [6.07, 6.45) is 5.72. The zero-order chi connectivity index (χ0) is 12.1. The fraction of sp³-hybridized carbons (Fsp3) is 1.00. The minimum absolute atomic E-state index is 0.891. The predicted molar refractivity (Wildman–Crippen MR) is 73.4 cm³/mol. The summed E-state index contributed by atoms with van der Waals surface area (Å²) in [6, 6.07) is 0.891. The Kier molecular flexibility index (Phi) is 5.26. The van der Waals surface area contributed by atoms with Gasteiger partial charge in [-0.15, -0.1) is 0 Å². The molecule has 3 nitrogen and oxygen atoms in total. The Labute approximate surface area is 107 Å². The molecule has 2 rings (SSSR count). The molecule has 1 aliphatic heterocycles. The summed E-state index contributed by atoms with van der Waals surface area (Å²) >= 11 is 0. The van der Waals surface area contributed by atoms with Crippen molar-refractivity contribution in [2.24, 2.45) is 5.92 Å². The molecule has 0 spiro atoms. The Morgan fingerprint density at radius 1 is 1.00 bits per heavy atom. The topological polar surface area (TPSA) is 18.5 Å². The monoisotopic (exact) mass is 239 g/mol. The average Bonchev–Trinajstić information content (AvgIpc) is 2.40. The minimum Gasteiger partial charge on any atom is -0.319 e. The van der Waals surface area contributed by atoms with Crippen molar-refractivity contribution in [3.05, 3.63) is 0 Å². The van der Waals surface area contributed by atoms with E-state index in [0.29, 0.717) is 0 Å². The van der Waals surface area contributed by atoms with Crippen LogP contribution < -0.4 is 5.32 Å². The van der Waals surface area contributed by atoms with Crippen molar-refractivity contribution >= 4 is 0 Å². The van der Waals surface area contributed by atoms with Gasteiger partial charge >= 0.3 is 0 Å². The lowest BCUT2D eigenvalue weighted by Gasteiger charge is -2.41. The summed E-state index contributed by atoms with van der Waals surface area (Å²) in [5.41, 5.74) is 0. The molecule has 0 amide bonds. The number of nitrogens with zero attached hydrogens (tertiary/aromatic N) is 2. The van der Waals surface area contributed by atoms with Gasteiger partial charge in [-0.3, -0.25) is 4.90 Å². The van der Waals surface area contributed by atoms with Gasteiger partial charge in [0.25, 0.3) is 0 Å². The maximum Gasteiger partial charge on any atom is 0.0113 e. The predicted octanol–water partition coefficient (Wildman–Crippen LogP) is 1.40. The highest BCUT2D eigenvalue weighted by Gasteiger charge is 2.27. The summed E-state index contributed by atoms with van der Waals surface area (Å²) in [5.74, 6) is 0.938. The second-order valence-corrected chi connectivity index (χ2v) is 5.70. The van der Waals surface area contributed by atoms with Gasteiger partial charge in [0.05, 0.1) is 0 Å². The third-order valence-electron chi connectivity index (χ3n) is 4.68. The third-order valence-corrected chi connectivity index (χ3v) is 4.68. The van der Waals surface area contributed by atoms with Gasteiger partial charge in [0.2, 0.25) is 0 Å². The molecule has 1 saturated carbocycles. The van der Waals surface area contributed by atoms with E-state index in [1.54, 1.807) is 0 Å². The van der Waals surface area contributed by atoms with Crippen LogP contribution in [0.2, 0.25) is 0 Å². The van der Waals surface area contributed by atoms with Crippen LogP contribution in [0.4, 0.5) is 0 Å². The van der Waals surface area contributed by atoms with Crippen LogP contribution in [0, 0.1) is 5.92 Å². The third kappa shape index (κ3) is 3.67. The van der Waals surface area contributed by atoms with Crippen molar-refractivity contribution in [3.63, 3.8) is 0 Å². The van der Waals surface area contributed by atoms with E-state index in [9.17, 15) is 0 Å². The minimum atomic E-state index is 0.891. The molecule has 0 atom stereocenters. The largest absolute Gasteiger partial charge is 0.319 e. The molecule has 0 unspecified atom stereocenters. The Morgan fingerprint density at radius 3 is 2.18 bits per heavy atom. The highest BCUT2D eigenvalue weighted by atomic mass is 15.3. The molecule has 1 saturated heterocycles. The van der Waals surface area contributed by atoms with Crippen molar-refractivity contribution in [2.45, 2.75) is 38.6 Å². The van der Waals surface area contributed by atoms with Crippen molar-refractivity contribution in [3.8, 4) is 0 Å². The molecule has 17 heavy (non-hydrogen) atoms. The SMILES string of the molecule is CCN1CCN(C2CCC(CNC)CC2)CC1. The van der Waals surface area contributed by atoms with Gasteiger partial charge in [0.1, 0.15) is 0 Å². The lowest BCUT2D eigenvalue weighted by Crippen LogP contribution is -2.51. The van der Waals surface area contributed by atoms with E-state index in [1.165, 1.54) is 65.0 Å². The molecule has 1 heterocycles. The summed E-state index contributed by atoms with van der Waals surface area (Å²) < 4.78 is 0. The van der Waals surface area contributed by atoms with Crippen molar-refractivity contribution in [1.29, 1.82) is 0 Å². The van der Waals surface area contributed by atoms with Gasteiger partial charge in [-0.2, -0.15) is 0 Å². The number of hydrogen-bond donors (Lipinski definition) is 1. The van der Waals surface area contributed by atoms with E-state index < -0.39 is 0 Å². The second kappa shape index (κ2) is 6.72. The summed E-state index contributed by atoms with van der Waals surface area (Å²) in [4.78, 5) is 5.32. The molecule has 0 aromatic carbocycles. The van der Waals surface area contributed by atoms with Gasteiger partial charge in [-0.25, -0.2) is 0 Å². The first-order valence-electron chi connectivity index (χ1n) is 7.44. The number of rotatable bonds is 4. The lowest BCUT2D eigenvalue weighted by atomic mass is 9.85. The van der Waals surface area contributed by atoms with Crippen molar-refractivity contribution in [2.75, 3.05) is 46.3 Å². The van der Waals surface area contributed by atoms with Crippen molar-refractivity contribution < 1.29 is 0 Å². The zero-order valence-corrected chi connectivity index (χ0v) is 11.6. The van der Waals surface area contributed by atoms with Gasteiger partial charge in [0, 0.05) is 32.2 Å². The first kappa shape index (κ1) is 13.3. The lowest BCUT2D eigenvalue weighted by molar-refractivity contribution is 0.0730. The molecule has 0 radical (unpaired) electrons. The molecule has 2 fully saturated rings. The standard InChI is InChI=1S/C14H29N3/c1-3-16-8-10-17(11-9-16)14-6-4-13(5-7-14)12-15-2/h13-15H,3-12H2,1-2H3. The first-order chi connectivity index (χ1) is 8.33. The van der Waals surface area contributed by atoms with E-state index in [4.69, 9.17) is 0 Å². The number of hydrogen-bond acceptors (Lipinski definition) is 3. The highest BCUT2D eigenvalue weighted by Crippen LogP contribution is 2.27. The molecule has 1 aliphatic carbocycles. The number of nitrogens with one attached hydrogen (secondary N) is 1. The van der Waals surface area contributed by atoms with Gasteiger partial charge in [-0.1, -0.05) is 6.92 Å². The number of likely N-dealkylation sites (N-methyl/N-ethyl adjacent to an activating group) is 1. The van der Waals surface area contributed by atoms with Gasteiger partial charge in [-0.05, 0) is 51.7 Å². The summed E-state index contributed by atoms with van der Waals surface area (Å²) in [5, 5.41) is 3.32. The summed E-state index contributed by atoms with van der Waals surface area (Å²) in [7, 11) is 2.08. The van der Waals surface area contributed by atoms with E-state index in [-0.39, 0.29) is 0 Å². The van der Waals surface area contributed by atoms with Crippen LogP contribution in [0.5, 0.6) is 0 Å². The smallest absolute Gasteiger partial charge is 0.0113 e. The van der Waals surface area contributed by atoms with Crippen LogP contribution in [0.3, 0.4) is 0 Å². The normalized spacial score (nSPS) is 32.8. The molecule has 0 aromatic rings. The zero-order valence-electron chi connectivity index (χ0n) is 11.6. The van der Waals surface area contributed by atoms with Crippen molar-refractivity contribution in [1.82, 2.24) is 15.1 Å². The quantitative estimate of drug-likeness (QED) is 0.800. The molecule has 1 N–H and O–H groups in total. The maximum atomic E-state index is 3.32. The van der Waals surface area contributed by atoms with E-state index >= 15 is 0 Å². The molecule has 2 aliphatic rings. The van der Waals surface area contributed by atoms with Gasteiger partial charge in [0.15, 0.2) is 0 Å². The molecule has 3 heteroatoms. The van der Waals surface area contributed by atoms with Crippen LogP contribution in [-0.2, 0) is 0 Å². The van der Waals surface area contributed by atoms with Gasteiger partial charge < -0.3 is 10.2 Å². The van der Waals surface area contributed by atoms with Crippen LogP contribution in [0.15, 0.2) is 0 Å². The molecular weight excluding hydrogens is 210 g/mol.